The van der Waals surface area contributed by atoms with Gasteiger partial charge in [0.1, 0.15) is 12.4 Å². The second-order valence-corrected chi connectivity index (χ2v) is 6.40. The lowest BCUT2D eigenvalue weighted by Crippen LogP contribution is -2.24. The van der Waals surface area contributed by atoms with Gasteiger partial charge in [0.05, 0.1) is 4.90 Å². The van der Waals surface area contributed by atoms with Crippen LogP contribution in [0.4, 0.5) is 0 Å². The van der Waals surface area contributed by atoms with E-state index in [-0.39, 0.29) is 0 Å². The van der Waals surface area contributed by atoms with Gasteiger partial charge in [0, 0.05) is 20.6 Å². The van der Waals surface area contributed by atoms with E-state index in [4.69, 9.17) is 10.5 Å². The van der Waals surface area contributed by atoms with E-state index in [0.29, 0.717) is 34.9 Å². The third-order valence-electron chi connectivity index (χ3n) is 2.56. The van der Waals surface area contributed by atoms with Crippen LogP contribution in [0, 0.1) is 13.8 Å². The minimum Gasteiger partial charge on any atom is -0.492 e. The highest BCUT2D eigenvalue weighted by Crippen LogP contribution is 2.27. The molecule has 0 amide bonds. The molecule has 0 unspecified atom stereocenters. The summed E-state index contributed by atoms with van der Waals surface area (Å²) in [6, 6.07) is 3.44. The summed E-state index contributed by atoms with van der Waals surface area (Å²) in [5.41, 5.74) is 6.72. The average molecular weight is 272 g/mol. The largest absolute Gasteiger partial charge is 0.492 e. The van der Waals surface area contributed by atoms with Crippen LogP contribution >= 0.6 is 0 Å². The Morgan fingerprint density at radius 2 is 1.72 bits per heavy atom. The number of nitrogens with two attached hydrogens (primary N) is 1. The third-order valence-corrected chi connectivity index (χ3v) is 4.68. The molecule has 102 valence electrons. The first-order valence-corrected chi connectivity index (χ1v) is 7.11. The van der Waals surface area contributed by atoms with Gasteiger partial charge in [0.25, 0.3) is 0 Å². The Morgan fingerprint density at radius 3 is 2.11 bits per heavy atom. The summed E-state index contributed by atoms with van der Waals surface area (Å²) < 4.78 is 31.0. The molecule has 0 fully saturated rings. The van der Waals surface area contributed by atoms with E-state index in [1.54, 1.807) is 26.0 Å². The van der Waals surface area contributed by atoms with Crippen molar-refractivity contribution >= 4 is 10.0 Å². The van der Waals surface area contributed by atoms with E-state index in [2.05, 4.69) is 0 Å². The van der Waals surface area contributed by atoms with Crippen molar-refractivity contribution in [2.45, 2.75) is 18.7 Å². The number of ether oxygens (including phenoxy) is 1. The van der Waals surface area contributed by atoms with E-state index < -0.39 is 10.0 Å². The second-order valence-electron chi connectivity index (χ2n) is 4.31. The monoisotopic (exact) mass is 272 g/mol. The lowest BCUT2D eigenvalue weighted by Gasteiger charge is -2.17. The maximum absolute atomic E-state index is 12.2. The zero-order chi connectivity index (χ0) is 13.9. The number of sulfonamides is 1. The molecule has 0 saturated carbocycles. The molecule has 0 saturated heterocycles. The number of hydrogen-bond acceptors (Lipinski definition) is 4. The van der Waals surface area contributed by atoms with Crippen LogP contribution in [0.2, 0.25) is 0 Å². The van der Waals surface area contributed by atoms with Crippen molar-refractivity contribution < 1.29 is 13.2 Å². The fourth-order valence-electron chi connectivity index (χ4n) is 1.76. The molecular formula is C12H20N2O3S. The molecule has 0 heterocycles. The fourth-order valence-corrected chi connectivity index (χ4v) is 3.06. The lowest BCUT2D eigenvalue weighted by atomic mass is 10.1. The van der Waals surface area contributed by atoms with Crippen LogP contribution in [-0.2, 0) is 10.0 Å². The Kier molecular flexibility index (Phi) is 4.72. The minimum atomic E-state index is -3.42. The van der Waals surface area contributed by atoms with E-state index in [1.807, 2.05) is 0 Å². The van der Waals surface area contributed by atoms with Crippen molar-refractivity contribution in [1.29, 1.82) is 0 Å². The first-order chi connectivity index (χ1) is 8.30. The molecule has 0 spiro atoms. The molecule has 5 nitrogen and oxygen atoms in total. The number of nitrogens with zero attached hydrogens (tertiary/aromatic N) is 1. The van der Waals surface area contributed by atoms with Crippen LogP contribution in [0.5, 0.6) is 5.75 Å². The SMILES string of the molecule is Cc1cc(OCCN)cc(C)c1S(=O)(=O)N(C)C. The van der Waals surface area contributed by atoms with Crippen molar-refractivity contribution in [3.63, 3.8) is 0 Å². The van der Waals surface area contributed by atoms with Gasteiger partial charge in [-0.15, -0.1) is 0 Å². The molecule has 0 atom stereocenters. The Labute approximate surface area is 109 Å². The van der Waals surface area contributed by atoms with Crippen molar-refractivity contribution in [2.75, 3.05) is 27.2 Å². The standard InChI is InChI=1S/C12H20N2O3S/c1-9-7-11(17-6-5-13)8-10(2)12(9)18(15,16)14(3)4/h7-8H,5-6,13H2,1-4H3. The topological polar surface area (TPSA) is 72.6 Å². The summed E-state index contributed by atoms with van der Waals surface area (Å²) >= 11 is 0. The summed E-state index contributed by atoms with van der Waals surface area (Å²) in [5, 5.41) is 0. The Hall–Kier alpha value is -1.11. The normalized spacial score (nSPS) is 11.9. The molecule has 0 aliphatic rings. The first-order valence-electron chi connectivity index (χ1n) is 5.67. The van der Waals surface area contributed by atoms with Crippen LogP contribution in [-0.4, -0.2) is 40.0 Å². The Morgan fingerprint density at radius 1 is 1.22 bits per heavy atom. The van der Waals surface area contributed by atoms with Crippen molar-refractivity contribution in [3.05, 3.63) is 23.3 Å². The first kappa shape index (κ1) is 14.9. The van der Waals surface area contributed by atoms with Gasteiger partial charge in [0.2, 0.25) is 10.0 Å². The Bertz CT molecular complexity index is 501. The van der Waals surface area contributed by atoms with Crippen molar-refractivity contribution in [1.82, 2.24) is 4.31 Å². The van der Waals surface area contributed by atoms with Crippen LogP contribution in [0.15, 0.2) is 17.0 Å². The summed E-state index contributed by atoms with van der Waals surface area (Å²) in [4.78, 5) is 0.340. The number of rotatable bonds is 5. The van der Waals surface area contributed by atoms with Crippen LogP contribution < -0.4 is 10.5 Å². The molecule has 6 heteroatoms. The van der Waals surface area contributed by atoms with Gasteiger partial charge in [0.15, 0.2) is 0 Å². The molecule has 0 aromatic heterocycles. The van der Waals surface area contributed by atoms with E-state index >= 15 is 0 Å². The molecule has 0 radical (unpaired) electrons. The Balaban J connectivity index is 3.25. The molecule has 1 rings (SSSR count). The van der Waals surface area contributed by atoms with Gasteiger partial charge in [-0.25, -0.2) is 12.7 Å². The van der Waals surface area contributed by atoms with E-state index in [0.717, 1.165) is 0 Å². The summed E-state index contributed by atoms with van der Waals surface area (Å²) in [6.45, 7) is 4.37. The summed E-state index contributed by atoms with van der Waals surface area (Å²) in [7, 11) is -0.381. The summed E-state index contributed by atoms with van der Waals surface area (Å²) in [6.07, 6.45) is 0. The molecule has 18 heavy (non-hydrogen) atoms. The molecule has 0 bridgehead atoms. The highest BCUT2D eigenvalue weighted by Gasteiger charge is 2.22. The smallest absolute Gasteiger partial charge is 0.243 e. The minimum absolute atomic E-state index is 0.340. The van der Waals surface area contributed by atoms with Crippen molar-refractivity contribution in [3.8, 4) is 5.75 Å². The number of benzene rings is 1. The molecule has 2 N–H and O–H groups in total. The van der Waals surface area contributed by atoms with Gasteiger partial charge in [-0.1, -0.05) is 0 Å². The lowest BCUT2D eigenvalue weighted by molar-refractivity contribution is 0.327. The second kappa shape index (κ2) is 5.69. The van der Waals surface area contributed by atoms with Gasteiger partial charge < -0.3 is 10.5 Å². The number of aryl methyl sites for hydroxylation is 2. The maximum Gasteiger partial charge on any atom is 0.243 e. The summed E-state index contributed by atoms with van der Waals surface area (Å²) in [5.74, 6) is 0.646. The van der Waals surface area contributed by atoms with Crippen LogP contribution in [0.25, 0.3) is 0 Å². The highest BCUT2D eigenvalue weighted by atomic mass is 32.2. The van der Waals surface area contributed by atoms with Gasteiger partial charge in [-0.2, -0.15) is 0 Å². The zero-order valence-corrected chi connectivity index (χ0v) is 12.0. The molecule has 0 aliphatic heterocycles. The van der Waals surface area contributed by atoms with Gasteiger partial charge in [-0.05, 0) is 37.1 Å². The van der Waals surface area contributed by atoms with Gasteiger partial charge in [-0.3, -0.25) is 0 Å². The predicted octanol–water partition coefficient (Wildman–Crippen LogP) is 0.891. The molecule has 0 aliphatic carbocycles. The average Bonchev–Trinajstić information content (AvgIpc) is 2.24. The quantitative estimate of drug-likeness (QED) is 0.864. The van der Waals surface area contributed by atoms with Crippen LogP contribution in [0.3, 0.4) is 0 Å². The molecular weight excluding hydrogens is 252 g/mol. The highest BCUT2D eigenvalue weighted by molar-refractivity contribution is 7.89. The van der Waals surface area contributed by atoms with Gasteiger partial charge >= 0.3 is 0 Å². The van der Waals surface area contributed by atoms with E-state index in [9.17, 15) is 8.42 Å². The maximum atomic E-state index is 12.2. The van der Waals surface area contributed by atoms with Crippen LogP contribution in [0.1, 0.15) is 11.1 Å². The fraction of sp³-hybridized carbons (Fsp3) is 0.500. The van der Waals surface area contributed by atoms with Crippen molar-refractivity contribution in [2.24, 2.45) is 5.73 Å². The van der Waals surface area contributed by atoms with E-state index in [1.165, 1.54) is 18.4 Å². The third kappa shape index (κ3) is 3.01. The molecule has 1 aromatic carbocycles. The predicted molar refractivity (Wildman–Crippen MR) is 71.3 cm³/mol. The molecule has 1 aromatic rings. The zero-order valence-electron chi connectivity index (χ0n) is 11.2. The number of hydrogen-bond donors (Lipinski definition) is 1.